The molecule has 2 heterocycles. The molecule has 2 fully saturated rings. The molecule has 1 atom stereocenters. The number of hydrogen-bond acceptors (Lipinski definition) is 6. The number of alkyl halides is 3. The van der Waals surface area contributed by atoms with Crippen LogP contribution in [0.2, 0.25) is 0 Å². The van der Waals surface area contributed by atoms with E-state index in [0.717, 1.165) is 42.6 Å². The number of sulfone groups is 1. The van der Waals surface area contributed by atoms with Crippen LogP contribution in [0.5, 0.6) is 0 Å². The van der Waals surface area contributed by atoms with E-state index in [0.29, 0.717) is 6.42 Å². The first-order valence-electron chi connectivity index (χ1n) is 10.1. The van der Waals surface area contributed by atoms with Crippen molar-refractivity contribution in [1.29, 1.82) is 0 Å². The summed E-state index contributed by atoms with van der Waals surface area (Å²) in [5.41, 5.74) is -0.685. The lowest BCUT2D eigenvalue weighted by atomic mass is 10.1. The molecule has 1 saturated heterocycles. The van der Waals surface area contributed by atoms with Crippen LogP contribution < -0.4 is 0 Å². The molecule has 1 amide bonds. The van der Waals surface area contributed by atoms with Crippen molar-refractivity contribution in [2.75, 3.05) is 11.5 Å². The molecule has 0 N–H and O–H groups in total. The summed E-state index contributed by atoms with van der Waals surface area (Å²) in [6.45, 7) is -0.251. The number of nitrogens with zero attached hydrogens (tertiary/aromatic N) is 5. The molecule has 1 aromatic heterocycles. The number of amides is 1. The van der Waals surface area contributed by atoms with Gasteiger partial charge in [0.25, 0.3) is 0 Å². The van der Waals surface area contributed by atoms with Gasteiger partial charge in [-0.25, -0.2) is 8.42 Å². The van der Waals surface area contributed by atoms with Crippen LogP contribution in [0.4, 0.5) is 13.2 Å². The third-order valence-corrected chi connectivity index (χ3v) is 7.54. The molecule has 0 radical (unpaired) electrons. The minimum absolute atomic E-state index is 0.0164. The van der Waals surface area contributed by atoms with E-state index < -0.39 is 21.6 Å². The summed E-state index contributed by atoms with van der Waals surface area (Å²) in [6, 6.07) is 4.19. The van der Waals surface area contributed by atoms with Gasteiger partial charge >= 0.3 is 6.18 Å². The summed E-state index contributed by atoms with van der Waals surface area (Å²) < 4.78 is 62.7. The fourth-order valence-corrected chi connectivity index (χ4v) is 6.06. The highest BCUT2D eigenvalue weighted by Gasteiger charge is 2.39. The van der Waals surface area contributed by atoms with Gasteiger partial charge in [-0.15, -0.1) is 10.2 Å². The Hall–Kier alpha value is -2.50. The molecule has 1 aromatic carbocycles. The molecule has 12 heteroatoms. The lowest BCUT2D eigenvalue weighted by molar-refractivity contribution is -0.138. The van der Waals surface area contributed by atoms with Crippen LogP contribution in [0, 0.1) is 0 Å². The Bertz CT molecular complexity index is 1060. The molecule has 4 rings (SSSR count). The third kappa shape index (κ3) is 4.89. The smallest absolute Gasteiger partial charge is 0.334 e. The summed E-state index contributed by atoms with van der Waals surface area (Å²) in [7, 11) is -3.16. The highest BCUT2D eigenvalue weighted by molar-refractivity contribution is 7.91. The van der Waals surface area contributed by atoms with Gasteiger partial charge in [-0.05, 0) is 36.6 Å². The second-order valence-corrected chi connectivity index (χ2v) is 10.2. The van der Waals surface area contributed by atoms with Crippen LogP contribution in [0.1, 0.15) is 37.7 Å². The van der Waals surface area contributed by atoms with Crippen molar-refractivity contribution in [3.05, 3.63) is 29.8 Å². The Labute approximate surface area is 177 Å². The van der Waals surface area contributed by atoms with Crippen LogP contribution in [0.3, 0.4) is 0 Å². The molecule has 0 bridgehead atoms. The minimum Gasteiger partial charge on any atom is -0.334 e. The number of halogens is 3. The van der Waals surface area contributed by atoms with Crippen LogP contribution >= 0.6 is 0 Å². The van der Waals surface area contributed by atoms with E-state index in [-0.39, 0.29) is 47.4 Å². The molecule has 168 valence electrons. The van der Waals surface area contributed by atoms with Crippen molar-refractivity contribution in [2.24, 2.45) is 0 Å². The highest BCUT2D eigenvalue weighted by Crippen LogP contribution is 2.31. The molecule has 1 saturated carbocycles. The van der Waals surface area contributed by atoms with Crippen LogP contribution in [0.15, 0.2) is 24.3 Å². The average Bonchev–Trinajstić information content (AvgIpc) is 3.44. The van der Waals surface area contributed by atoms with Gasteiger partial charge in [0.05, 0.1) is 17.1 Å². The summed E-state index contributed by atoms with van der Waals surface area (Å²) >= 11 is 0. The average molecular weight is 457 g/mol. The summed E-state index contributed by atoms with van der Waals surface area (Å²) in [5, 5.41) is 11.7. The number of benzene rings is 1. The predicted molar refractivity (Wildman–Crippen MR) is 104 cm³/mol. The zero-order chi connectivity index (χ0) is 22.2. The predicted octanol–water partition coefficient (Wildman–Crippen LogP) is 2.32. The number of tetrazole rings is 1. The number of hydrogen-bond donors (Lipinski definition) is 0. The Morgan fingerprint density at radius 1 is 1.16 bits per heavy atom. The zero-order valence-electron chi connectivity index (χ0n) is 16.6. The first-order chi connectivity index (χ1) is 14.6. The second-order valence-electron chi connectivity index (χ2n) is 8.02. The summed E-state index contributed by atoms with van der Waals surface area (Å²) in [6.07, 6.45) is -0.480. The molecule has 1 aliphatic heterocycles. The van der Waals surface area contributed by atoms with E-state index in [4.69, 9.17) is 0 Å². The van der Waals surface area contributed by atoms with Crippen LogP contribution in [-0.4, -0.2) is 63.0 Å². The monoisotopic (exact) mass is 457 g/mol. The molecule has 31 heavy (non-hydrogen) atoms. The van der Waals surface area contributed by atoms with E-state index in [9.17, 15) is 26.4 Å². The molecule has 1 aliphatic carbocycles. The number of carbonyl (C=O) groups excluding carboxylic acids is 1. The molecule has 0 spiro atoms. The van der Waals surface area contributed by atoms with E-state index in [1.807, 2.05) is 0 Å². The van der Waals surface area contributed by atoms with Crippen LogP contribution in [-0.2, 0) is 27.4 Å². The van der Waals surface area contributed by atoms with Gasteiger partial charge in [-0.3, -0.25) is 4.79 Å². The van der Waals surface area contributed by atoms with Gasteiger partial charge in [0, 0.05) is 17.6 Å². The molecule has 1 unspecified atom stereocenters. The largest absolute Gasteiger partial charge is 0.416 e. The Balaban J connectivity index is 1.52. The van der Waals surface area contributed by atoms with Gasteiger partial charge in [0.1, 0.15) is 6.54 Å². The van der Waals surface area contributed by atoms with Crippen LogP contribution in [0.25, 0.3) is 11.4 Å². The fraction of sp³-hybridized carbons (Fsp3) is 0.579. The highest BCUT2D eigenvalue weighted by atomic mass is 32.2. The van der Waals surface area contributed by atoms with Gasteiger partial charge in [-0.1, -0.05) is 25.0 Å². The molecular weight excluding hydrogens is 435 g/mol. The zero-order valence-corrected chi connectivity index (χ0v) is 17.4. The Morgan fingerprint density at radius 3 is 2.55 bits per heavy atom. The SMILES string of the molecule is O=C(Cn1nnc(-c2cccc(C(F)(F)F)c2)n1)N(C1CCCC1)C1CCS(=O)(=O)C1. The second kappa shape index (κ2) is 8.21. The normalized spacial score (nSPS) is 21.5. The molecule has 2 aromatic rings. The van der Waals surface area contributed by atoms with E-state index >= 15 is 0 Å². The Morgan fingerprint density at radius 2 is 1.90 bits per heavy atom. The maximum absolute atomic E-state index is 13.1. The van der Waals surface area contributed by atoms with Gasteiger partial charge in [-0.2, -0.15) is 18.0 Å². The van der Waals surface area contributed by atoms with Crippen molar-refractivity contribution in [2.45, 2.75) is 56.9 Å². The first kappa shape index (κ1) is 21.7. The molecule has 2 aliphatic rings. The van der Waals surface area contributed by atoms with Gasteiger partial charge < -0.3 is 4.90 Å². The van der Waals surface area contributed by atoms with Crippen molar-refractivity contribution >= 4 is 15.7 Å². The summed E-state index contributed by atoms with van der Waals surface area (Å²) in [5.74, 6) is -0.304. The fourth-order valence-electron chi connectivity index (χ4n) is 4.35. The first-order valence-corrected chi connectivity index (χ1v) is 11.9. The number of rotatable bonds is 5. The maximum atomic E-state index is 13.1. The Kier molecular flexibility index (Phi) is 5.75. The quantitative estimate of drug-likeness (QED) is 0.684. The lowest BCUT2D eigenvalue weighted by Crippen LogP contribution is -2.48. The summed E-state index contributed by atoms with van der Waals surface area (Å²) in [4.78, 5) is 15.8. The third-order valence-electron chi connectivity index (χ3n) is 5.79. The minimum atomic E-state index is -4.49. The lowest BCUT2D eigenvalue weighted by Gasteiger charge is -2.33. The van der Waals surface area contributed by atoms with E-state index in [2.05, 4.69) is 15.4 Å². The maximum Gasteiger partial charge on any atom is 0.416 e. The number of aromatic nitrogens is 4. The standard InChI is InChI=1S/C19H22F3N5O3S/c20-19(21,22)14-5-3-4-13(10-14)18-23-25-26(24-18)11-17(28)27(15-6-1-2-7-15)16-8-9-31(29,30)12-16/h3-5,10,15-16H,1-2,6-9,11-12H2. The topological polar surface area (TPSA) is 98.1 Å². The van der Waals surface area contributed by atoms with Gasteiger partial charge in [0.15, 0.2) is 9.84 Å². The number of carbonyl (C=O) groups is 1. The molecular formula is C19H22F3N5O3S. The van der Waals surface area contributed by atoms with Gasteiger partial charge in [0.2, 0.25) is 11.7 Å². The van der Waals surface area contributed by atoms with E-state index in [1.54, 1.807) is 4.90 Å². The van der Waals surface area contributed by atoms with Crippen molar-refractivity contribution in [1.82, 2.24) is 25.1 Å². The molecule has 8 nitrogen and oxygen atoms in total. The van der Waals surface area contributed by atoms with E-state index in [1.165, 1.54) is 12.1 Å². The van der Waals surface area contributed by atoms with Crippen molar-refractivity contribution in [3.63, 3.8) is 0 Å². The van der Waals surface area contributed by atoms with Crippen molar-refractivity contribution in [3.8, 4) is 11.4 Å². The van der Waals surface area contributed by atoms with Crippen molar-refractivity contribution < 1.29 is 26.4 Å².